The summed E-state index contributed by atoms with van der Waals surface area (Å²) >= 11 is 0. The second kappa shape index (κ2) is 33.2. The number of rotatable bonds is 37. The van der Waals surface area contributed by atoms with Gasteiger partial charge >= 0.3 is 29.8 Å². The fourth-order valence-electron chi connectivity index (χ4n) is 7.25. The third-order valence-electron chi connectivity index (χ3n) is 10.9. The van der Waals surface area contributed by atoms with Gasteiger partial charge in [0.15, 0.2) is 18.0 Å². The Kier molecular flexibility index (Phi) is 29.1. The fraction of sp³-hybridized carbons (Fsp3) is 0.771. The first-order chi connectivity index (χ1) is 29.1. The van der Waals surface area contributed by atoms with Crippen LogP contribution in [0, 0.1) is 0 Å². The van der Waals surface area contributed by atoms with Crippen molar-refractivity contribution in [2.24, 2.45) is 0 Å². The van der Waals surface area contributed by atoms with E-state index in [9.17, 15) is 24.0 Å². The Morgan fingerprint density at radius 2 is 0.883 bits per heavy atom. The zero-order valence-electron chi connectivity index (χ0n) is 37.3. The summed E-state index contributed by atoms with van der Waals surface area (Å²) in [5.74, 6) is -5.10. The maximum Gasteiger partial charge on any atom is 0.338 e. The van der Waals surface area contributed by atoms with Gasteiger partial charge in [0.2, 0.25) is 0 Å². The van der Waals surface area contributed by atoms with E-state index in [0.717, 1.165) is 38.5 Å². The Balaban J connectivity index is 1.86. The predicted octanol–water partition coefficient (Wildman–Crippen LogP) is 11.1. The maximum atomic E-state index is 13.4. The van der Waals surface area contributed by atoms with Gasteiger partial charge in [0, 0.05) is 18.4 Å². The molecular formula is C48H78O12. The van der Waals surface area contributed by atoms with E-state index >= 15 is 0 Å². The molecule has 1 saturated heterocycles. The van der Waals surface area contributed by atoms with Crippen molar-refractivity contribution in [2.45, 2.75) is 212 Å². The summed E-state index contributed by atoms with van der Waals surface area (Å²) in [4.78, 5) is 61.8. The lowest BCUT2D eigenvalue weighted by molar-refractivity contribution is -0.186. The van der Waals surface area contributed by atoms with Gasteiger partial charge in [-0.15, -0.1) is 0 Å². The van der Waals surface area contributed by atoms with Crippen LogP contribution < -0.4 is 0 Å². The molecule has 1 fully saturated rings. The second-order valence-electron chi connectivity index (χ2n) is 16.3. The lowest BCUT2D eigenvalue weighted by Gasteiger charge is -2.23. The molecule has 12 heteroatoms. The van der Waals surface area contributed by atoms with Gasteiger partial charge < -0.3 is 33.5 Å². The minimum Gasteiger partial charge on any atom is -0.481 e. The molecule has 1 aliphatic heterocycles. The average Bonchev–Trinajstić information content (AvgIpc) is 3.61. The number of carbonyl (C=O) groups is 5. The SMILES string of the molecule is CCCCCCCCCCCCCCOC(=O)C1OC(C)(c2ccc(C(=O)OCCOC(=O)CCCC(=O)O)cc2)OC1C(=O)OCCCCCCCCCCCCCC. The second-order valence-corrected chi connectivity index (χ2v) is 16.3. The molecule has 2 unspecified atom stereocenters. The number of carbonyl (C=O) groups excluding carboxylic acids is 4. The van der Waals surface area contributed by atoms with E-state index in [2.05, 4.69) is 13.8 Å². The number of benzene rings is 1. The molecule has 342 valence electrons. The maximum absolute atomic E-state index is 13.4. The summed E-state index contributed by atoms with van der Waals surface area (Å²) in [7, 11) is 0. The molecule has 2 rings (SSSR count). The Morgan fingerprint density at radius 3 is 1.28 bits per heavy atom. The minimum atomic E-state index is -1.52. The van der Waals surface area contributed by atoms with Crippen LogP contribution in [-0.2, 0) is 53.4 Å². The van der Waals surface area contributed by atoms with Crippen LogP contribution in [-0.4, -0.2) is 73.6 Å². The third kappa shape index (κ3) is 23.5. The molecule has 0 bridgehead atoms. The Labute approximate surface area is 360 Å². The van der Waals surface area contributed by atoms with Crippen molar-refractivity contribution >= 4 is 29.8 Å². The van der Waals surface area contributed by atoms with E-state index in [1.165, 1.54) is 115 Å². The Hall–Kier alpha value is -3.51. The molecular weight excluding hydrogens is 769 g/mol. The first kappa shape index (κ1) is 52.6. The van der Waals surface area contributed by atoms with Gasteiger partial charge in [-0.2, -0.15) is 0 Å². The van der Waals surface area contributed by atoms with Crippen molar-refractivity contribution in [1.29, 1.82) is 0 Å². The highest BCUT2D eigenvalue weighted by atomic mass is 16.8. The zero-order valence-corrected chi connectivity index (χ0v) is 37.3. The van der Waals surface area contributed by atoms with E-state index in [1.54, 1.807) is 19.1 Å². The van der Waals surface area contributed by atoms with Crippen molar-refractivity contribution in [1.82, 2.24) is 0 Å². The summed E-state index contributed by atoms with van der Waals surface area (Å²) in [5.41, 5.74) is 0.675. The third-order valence-corrected chi connectivity index (χ3v) is 10.9. The van der Waals surface area contributed by atoms with Crippen LogP contribution in [0.15, 0.2) is 24.3 Å². The highest BCUT2D eigenvalue weighted by Gasteiger charge is 2.53. The van der Waals surface area contributed by atoms with Crippen LogP contribution in [0.5, 0.6) is 0 Å². The molecule has 1 aromatic carbocycles. The number of carboxylic acids is 1. The molecule has 0 spiro atoms. The van der Waals surface area contributed by atoms with E-state index in [1.807, 2.05) is 0 Å². The minimum absolute atomic E-state index is 0.0410. The van der Waals surface area contributed by atoms with Crippen molar-refractivity contribution in [3.63, 3.8) is 0 Å². The van der Waals surface area contributed by atoms with E-state index < -0.39 is 47.8 Å². The average molecular weight is 847 g/mol. The summed E-state index contributed by atoms with van der Waals surface area (Å²) in [6.07, 6.45) is 25.9. The number of esters is 4. The summed E-state index contributed by atoms with van der Waals surface area (Å²) < 4.78 is 33.8. The number of unbranched alkanes of at least 4 members (excludes halogenated alkanes) is 22. The van der Waals surface area contributed by atoms with Crippen LogP contribution >= 0.6 is 0 Å². The van der Waals surface area contributed by atoms with Gasteiger partial charge in [-0.1, -0.05) is 167 Å². The summed E-state index contributed by atoms with van der Waals surface area (Å²) in [6, 6.07) is 6.20. The molecule has 0 aliphatic carbocycles. The number of hydrogen-bond donors (Lipinski definition) is 1. The lowest BCUT2D eigenvalue weighted by Crippen LogP contribution is -2.39. The molecule has 0 radical (unpaired) electrons. The molecule has 60 heavy (non-hydrogen) atoms. The number of hydrogen-bond acceptors (Lipinski definition) is 11. The highest BCUT2D eigenvalue weighted by molar-refractivity contribution is 5.89. The van der Waals surface area contributed by atoms with Crippen molar-refractivity contribution in [3.05, 3.63) is 35.4 Å². The van der Waals surface area contributed by atoms with Crippen LogP contribution in [0.25, 0.3) is 0 Å². The van der Waals surface area contributed by atoms with E-state index in [-0.39, 0.29) is 51.3 Å². The van der Waals surface area contributed by atoms with Crippen molar-refractivity contribution in [2.75, 3.05) is 26.4 Å². The lowest BCUT2D eigenvalue weighted by atomic mass is 10.1. The highest BCUT2D eigenvalue weighted by Crippen LogP contribution is 2.38. The first-order valence-electron chi connectivity index (χ1n) is 23.4. The van der Waals surface area contributed by atoms with Crippen LogP contribution in [0.4, 0.5) is 0 Å². The molecule has 0 amide bonds. The topological polar surface area (TPSA) is 161 Å². The van der Waals surface area contributed by atoms with E-state index in [4.69, 9.17) is 33.5 Å². The van der Waals surface area contributed by atoms with Gasteiger partial charge in [-0.25, -0.2) is 14.4 Å². The molecule has 12 nitrogen and oxygen atoms in total. The van der Waals surface area contributed by atoms with Gasteiger partial charge in [0.25, 0.3) is 0 Å². The van der Waals surface area contributed by atoms with Gasteiger partial charge in [-0.3, -0.25) is 9.59 Å². The fourth-order valence-corrected chi connectivity index (χ4v) is 7.25. The molecule has 1 N–H and O–H groups in total. The van der Waals surface area contributed by atoms with E-state index in [0.29, 0.717) is 18.4 Å². The largest absolute Gasteiger partial charge is 0.481 e. The smallest absolute Gasteiger partial charge is 0.338 e. The Bertz CT molecular complexity index is 1280. The predicted molar refractivity (Wildman–Crippen MR) is 230 cm³/mol. The van der Waals surface area contributed by atoms with Gasteiger partial charge in [0.05, 0.1) is 18.8 Å². The monoisotopic (exact) mass is 847 g/mol. The van der Waals surface area contributed by atoms with Gasteiger partial charge in [-0.05, 0) is 38.3 Å². The number of carboxylic acid groups (broad SMARTS) is 1. The van der Waals surface area contributed by atoms with Crippen LogP contribution in [0.1, 0.15) is 210 Å². The van der Waals surface area contributed by atoms with Crippen molar-refractivity contribution < 1.29 is 57.5 Å². The molecule has 0 aromatic heterocycles. The normalized spacial score (nSPS) is 17.3. The summed E-state index contributed by atoms with van der Waals surface area (Å²) in [5, 5.41) is 8.69. The number of ether oxygens (including phenoxy) is 6. The standard InChI is InChI=1S/C48H78O12/c1-4-6-8-10-12-14-16-18-20-22-24-26-35-56-46(53)43-44(47(54)57-36-27-25-23-21-19-17-15-13-11-9-7-5-2)60-48(3,59-43)40-33-31-39(32-34-40)45(52)58-38-37-55-42(51)30-28-29-41(49)50/h31-34,43-44H,4-30,35-38H2,1-3H3,(H,49,50). The molecule has 2 atom stereocenters. The molecule has 1 aliphatic rings. The Morgan fingerprint density at radius 1 is 0.500 bits per heavy atom. The van der Waals surface area contributed by atoms with Crippen molar-refractivity contribution in [3.8, 4) is 0 Å². The molecule has 0 saturated carbocycles. The quantitative estimate of drug-likeness (QED) is 0.0384. The summed E-state index contributed by atoms with van der Waals surface area (Å²) in [6.45, 7) is 6.17. The van der Waals surface area contributed by atoms with Crippen LogP contribution in [0.3, 0.4) is 0 Å². The van der Waals surface area contributed by atoms with Crippen LogP contribution in [0.2, 0.25) is 0 Å². The molecule has 1 aromatic rings. The zero-order chi connectivity index (χ0) is 43.7. The molecule has 1 heterocycles. The number of aliphatic carboxylic acids is 1. The first-order valence-corrected chi connectivity index (χ1v) is 23.4. The van der Waals surface area contributed by atoms with Gasteiger partial charge in [0.1, 0.15) is 13.2 Å².